The molecule has 7 heteroatoms. The van der Waals surface area contributed by atoms with E-state index >= 15 is 0 Å². The fourth-order valence-corrected chi connectivity index (χ4v) is 3.72. The second kappa shape index (κ2) is 5.55. The highest BCUT2D eigenvalue weighted by Crippen LogP contribution is 2.28. The predicted octanol–water partition coefficient (Wildman–Crippen LogP) is 0.729. The van der Waals surface area contributed by atoms with Crippen LogP contribution in [0.2, 0.25) is 0 Å². The minimum atomic E-state index is -3.46. The lowest BCUT2D eigenvalue weighted by Crippen LogP contribution is -2.29. The predicted molar refractivity (Wildman–Crippen MR) is 79.6 cm³/mol. The van der Waals surface area contributed by atoms with Crippen LogP contribution in [0.5, 0.6) is 0 Å². The van der Waals surface area contributed by atoms with Crippen LogP contribution in [-0.4, -0.2) is 43.7 Å². The maximum Gasteiger partial charge on any atom is 0.242 e. The van der Waals surface area contributed by atoms with Crippen molar-refractivity contribution in [1.82, 2.24) is 9.71 Å². The van der Waals surface area contributed by atoms with Gasteiger partial charge in [0.2, 0.25) is 10.0 Å². The van der Waals surface area contributed by atoms with Gasteiger partial charge in [-0.2, -0.15) is 0 Å². The van der Waals surface area contributed by atoms with Gasteiger partial charge in [0.15, 0.2) is 0 Å². The van der Waals surface area contributed by atoms with Crippen molar-refractivity contribution in [3.8, 4) is 0 Å². The van der Waals surface area contributed by atoms with Gasteiger partial charge in [0, 0.05) is 25.3 Å². The quantitative estimate of drug-likeness (QED) is 0.838. The third-order valence-corrected chi connectivity index (χ3v) is 5.55. The lowest BCUT2D eigenvalue weighted by molar-refractivity contribution is 0.195. The molecule has 2 atom stereocenters. The molecule has 0 spiro atoms. The van der Waals surface area contributed by atoms with E-state index in [0.717, 1.165) is 12.8 Å². The van der Waals surface area contributed by atoms with Gasteiger partial charge in [-0.3, -0.25) is 0 Å². The van der Waals surface area contributed by atoms with Crippen LogP contribution in [0.4, 0.5) is 5.82 Å². The van der Waals surface area contributed by atoms with Crippen LogP contribution >= 0.6 is 0 Å². The number of pyridine rings is 1. The van der Waals surface area contributed by atoms with Crippen LogP contribution in [-0.2, 0) is 10.0 Å². The first-order valence-electron chi connectivity index (χ1n) is 7.36. The number of sulfonamides is 1. The Hall–Kier alpha value is -1.18. The second-order valence-corrected chi connectivity index (χ2v) is 7.81. The molecule has 2 aliphatic rings. The number of β-amino-alcohol motifs (C(OH)–C–C–N with tert-alkyl or cyclic N) is 1. The van der Waals surface area contributed by atoms with Gasteiger partial charge in [0.05, 0.1) is 6.10 Å². The fourth-order valence-electron chi connectivity index (χ4n) is 2.66. The van der Waals surface area contributed by atoms with Gasteiger partial charge in [-0.05, 0) is 44.2 Å². The summed E-state index contributed by atoms with van der Waals surface area (Å²) in [5.74, 6) is 1.21. The highest BCUT2D eigenvalue weighted by Gasteiger charge is 2.29. The van der Waals surface area contributed by atoms with E-state index < -0.39 is 10.0 Å². The lowest BCUT2D eigenvalue weighted by Gasteiger charge is -2.22. The van der Waals surface area contributed by atoms with Crippen molar-refractivity contribution in [3.63, 3.8) is 0 Å². The van der Waals surface area contributed by atoms with Gasteiger partial charge < -0.3 is 10.0 Å². The normalized spacial score (nSPS) is 26.3. The third-order valence-electron chi connectivity index (χ3n) is 4.14. The molecule has 21 heavy (non-hydrogen) atoms. The molecule has 2 fully saturated rings. The molecular weight excluding hydrogens is 290 g/mol. The number of hydrogen-bond donors (Lipinski definition) is 2. The number of anilines is 1. The SMILES string of the molecule is CC1CC(O)CN1c1ccc(S(=O)(=O)NCC2CC2)cn1. The number of aliphatic hydroxyl groups excluding tert-OH is 1. The topological polar surface area (TPSA) is 82.5 Å². The molecule has 1 aromatic heterocycles. The Labute approximate surface area is 125 Å². The number of nitrogens with zero attached hydrogens (tertiary/aromatic N) is 2. The Bertz CT molecular complexity index is 598. The van der Waals surface area contributed by atoms with Crippen molar-refractivity contribution >= 4 is 15.8 Å². The van der Waals surface area contributed by atoms with E-state index in [-0.39, 0.29) is 17.0 Å². The molecule has 2 N–H and O–H groups in total. The largest absolute Gasteiger partial charge is 0.391 e. The summed E-state index contributed by atoms with van der Waals surface area (Å²) in [7, 11) is -3.46. The van der Waals surface area contributed by atoms with Gasteiger partial charge in [0.1, 0.15) is 10.7 Å². The van der Waals surface area contributed by atoms with E-state index in [9.17, 15) is 13.5 Å². The molecule has 3 rings (SSSR count). The maximum absolute atomic E-state index is 12.1. The Morgan fingerprint density at radius 3 is 2.71 bits per heavy atom. The number of hydrogen-bond acceptors (Lipinski definition) is 5. The molecule has 2 heterocycles. The first-order valence-corrected chi connectivity index (χ1v) is 8.84. The van der Waals surface area contributed by atoms with Crippen LogP contribution in [0.1, 0.15) is 26.2 Å². The summed E-state index contributed by atoms with van der Waals surface area (Å²) in [6.07, 6.45) is 3.97. The smallest absolute Gasteiger partial charge is 0.242 e. The van der Waals surface area contributed by atoms with E-state index in [1.165, 1.54) is 6.20 Å². The zero-order valence-electron chi connectivity index (χ0n) is 12.1. The first-order chi connectivity index (χ1) is 9.95. The van der Waals surface area contributed by atoms with Crippen LogP contribution in [0.25, 0.3) is 0 Å². The zero-order chi connectivity index (χ0) is 15.0. The molecule has 1 aromatic rings. The average Bonchev–Trinajstić information content (AvgIpc) is 3.21. The van der Waals surface area contributed by atoms with Crippen molar-refractivity contribution in [2.75, 3.05) is 18.0 Å². The summed E-state index contributed by atoms with van der Waals surface area (Å²) >= 11 is 0. The van der Waals surface area contributed by atoms with Crippen LogP contribution < -0.4 is 9.62 Å². The van der Waals surface area contributed by atoms with E-state index in [2.05, 4.69) is 9.71 Å². The summed E-state index contributed by atoms with van der Waals surface area (Å²) < 4.78 is 26.8. The fraction of sp³-hybridized carbons (Fsp3) is 0.643. The van der Waals surface area contributed by atoms with Crippen molar-refractivity contribution in [2.24, 2.45) is 5.92 Å². The molecule has 0 amide bonds. The molecule has 1 aliphatic carbocycles. The van der Waals surface area contributed by atoms with Gasteiger partial charge >= 0.3 is 0 Å². The maximum atomic E-state index is 12.1. The monoisotopic (exact) mass is 311 g/mol. The van der Waals surface area contributed by atoms with E-state index in [1.807, 2.05) is 11.8 Å². The van der Waals surface area contributed by atoms with Crippen LogP contribution in [0.3, 0.4) is 0 Å². The van der Waals surface area contributed by atoms with Crippen molar-refractivity contribution in [3.05, 3.63) is 18.3 Å². The number of aliphatic hydroxyl groups is 1. The van der Waals surface area contributed by atoms with E-state index in [1.54, 1.807) is 12.1 Å². The standard InChI is InChI=1S/C14H21N3O3S/c1-10-6-12(18)9-17(10)14-5-4-13(8-15-14)21(19,20)16-7-11-2-3-11/h4-5,8,10-12,16,18H,2-3,6-7,9H2,1H3. The molecule has 0 radical (unpaired) electrons. The van der Waals surface area contributed by atoms with E-state index in [0.29, 0.717) is 31.2 Å². The lowest BCUT2D eigenvalue weighted by atomic mass is 10.2. The number of rotatable bonds is 5. The van der Waals surface area contributed by atoms with Gasteiger partial charge in [-0.15, -0.1) is 0 Å². The highest BCUT2D eigenvalue weighted by molar-refractivity contribution is 7.89. The van der Waals surface area contributed by atoms with Crippen LogP contribution in [0.15, 0.2) is 23.2 Å². The zero-order valence-corrected chi connectivity index (χ0v) is 12.9. The van der Waals surface area contributed by atoms with Crippen molar-refractivity contribution in [2.45, 2.75) is 43.2 Å². The van der Waals surface area contributed by atoms with Gasteiger partial charge in [-0.25, -0.2) is 18.1 Å². The summed E-state index contributed by atoms with van der Waals surface area (Å²) in [6, 6.07) is 3.50. The molecular formula is C14H21N3O3S. The Kier molecular flexibility index (Phi) is 3.90. The first kappa shape index (κ1) is 14.7. The Balaban J connectivity index is 1.71. The summed E-state index contributed by atoms with van der Waals surface area (Å²) in [4.78, 5) is 6.44. The minimum Gasteiger partial charge on any atom is -0.391 e. The van der Waals surface area contributed by atoms with Crippen molar-refractivity contribution < 1.29 is 13.5 Å². The summed E-state index contributed by atoms with van der Waals surface area (Å²) in [5, 5.41) is 9.67. The summed E-state index contributed by atoms with van der Waals surface area (Å²) in [6.45, 7) is 3.08. The van der Waals surface area contributed by atoms with Gasteiger partial charge in [-0.1, -0.05) is 0 Å². The number of nitrogens with one attached hydrogen (secondary N) is 1. The highest BCUT2D eigenvalue weighted by atomic mass is 32.2. The van der Waals surface area contributed by atoms with Crippen LogP contribution in [0, 0.1) is 5.92 Å². The van der Waals surface area contributed by atoms with Gasteiger partial charge in [0.25, 0.3) is 0 Å². The van der Waals surface area contributed by atoms with E-state index in [4.69, 9.17) is 0 Å². The Morgan fingerprint density at radius 2 is 2.19 bits per heavy atom. The third kappa shape index (κ3) is 3.36. The average molecular weight is 311 g/mol. The molecule has 1 saturated heterocycles. The molecule has 6 nitrogen and oxygen atoms in total. The minimum absolute atomic E-state index is 0.194. The van der Waals surface area contributed by atoms with Crippen molar-refractivity contribution in [1.29, 1.82) is 0 Å². The molecule has 116 valence electrons. The second-order valence-electron chi connectivity index (χ2n) is 6.04. The number of aromatic nitrogens is 1. The Morgan fingerprint density at radius 1 is 1.43 bits per heavy atom. The molecule has 0 aromatic carbocycles. The molecule has 1 aliphatic heterocycles. The molecule has 0 bridgehead atoms. The molecule has 2 unspecified atom stereocenters. The molecule has 1 saturated carbocycles. The summed E-state index contributed by atoms with van der Waals surface area (Å²) in [5.41, 5.74) is 0.